The minimum Gasteiger partial charge on any atom is -0.483 e. The van der Waals surface area contributed by atoms with Crippen LogP contribution in [0.4, 0.5) is 4.39 Å². The summed E-state index contributed by atoms with van der Waals surface area (Å²) in [7, 11) is -3.61. The number of rotatable bonds is 7. The van der Waals surface area contributed by atoms with Crippen LogP contribution in [0.2, 0.25) is 0 Å². The molecule has 0 saturated carbocycles. The Morgan fingerprint density at radius 2 is 1.76 bits per heavy atom. The number of aromatic nitrogens is 1. The first-order valence-corrected chi connectivity index (χ1v) is 13.7. The zero-order valence-electron chi connectivity index (χ0n) is 20.5. The van der Waals surface area contributed by atoms with E-state index in [1.807, 2.05) is 6.07 Å². The number of nitrogens with one attached hydrogen (secondary N) is 1. The summed E-state index contributed by atoms with van der Waals surface area (Å²) in [6, 6.07) is 14.6. The predicted octanol–water partition coefficient (Wildman–Crippen LogP) is 1.55. The molecule has 2 aromatic carbocycles. The number of fused-ring (bicyclic) bond motifs is 2. The van der Waals surface area contributed by atoms with E-state index in [9.17, 15) is 27.2 Å². The van der Waals surface area contributed by atoms with Gasteiger partial charge in [-0.2, -0.15) is 4.31 Å². The molecule has 38 heavy (non-hydrogen) atoms. The van der Waals surface area contributed by atoms with Crippen LogP contribution < -0.4 is 15.5 Å². The van der Waals surface area contributed by atoms with Gasteiger partial charge in [-0.25, -0.2) is 12.8 Å². The van der Waals surface area contributed by atoms with Gasteiger partial charge in [-0.15, -0.1) is 0 Å². The fraction of sp³-hybridized carbons (Fsp3) is 0.269. The number of nitrogens with zero attached hydrogens (tertiary/aromatic N) is 3. The summed E-state index contributed by atoms with van der Waals surface area (Å²) < 4.78 is 46.4. The van der Waals surface area contributed by atoms with E-state index in [4.69, 9.17) is 4.74 Å². The number of hydrogen-bond acceptors (Lipinski definition) is 6. The van der Waals surface area contributed by atoms with Crippen molar-refractivity contribution >= 4 is 21.8 Å². The number of ether oxygens (including phenoxy) is 1. The Kier molecular flexibility index (Phi) is 6.76. The first-order valence-electron chi connectivity index (χ1n) is 11.9. The molecular weight excluding hydrogens is 515 g/mol. The van der Waals surface area contributed by atoms with Crippen LogP contribution in [-0.4, -0.2) is 59.5 Å². The molecule has 5 rings (SSSR count). The summed E-state index contributed by atoms with van der Waals surface area (Å²) in [5.41, 5.74) is 0.327. The fourth-order valence-electron chi connectivity index (χ4n) is 4.69. The van der Waals surface area contributed by atoms with Crippen LogP contribution in [-0.2, 0) is 29.7 Å². The van der Waals surface area contributed by atoms with Crippen molar-refractivity contribution in [3.8, 4) is 5.75 Å². The van der Waals surface area contributed by atoms with Gasteiger partial charge in [0.25, 0.3) is 11.8 Å². The van der Waals surface area contributed by atoms with E-state index in [0.717, 1.165) is 11.8 Å². The molecule has 10 nitrogen and oxygen atoms in total. The SMILES string of the molecule is CS(=O)(=O)N1CCN2C(=O)c3c(OCc4ccccc4)c(=O)c(C(=O)NCc4ccc(F)cc4)cn3CC21. The van der Waals surface area contributed by atoms with Crippen LogP contribution in [0.3, 0.4) is 0 Å². The highest BCUT2D eigenvalue weighted by molar-refractivity contribution is 7.88. The van der Waals surface area contributed by atoms with E-state index in [0.29, 0.717) is 5.56 Å². The summed E-state index contributed by atoms with van der Waals surface area (Å²) in [6.45, 7) is 0.337. The third-order valence-electron chi connectivity index (χ3n) is 6.58. The molecule has 0 aliphatic carbocycles. The van der Waals surface area contributed by atoms with Gasteiger partial charge in [0.05, 0.1) is 12.8 Å². The zero-order valence-corrected chi connectivity index (χ0v) is 21.3. The van der Waals surface area contributed by atoms with E-state index >= 15 is 0 Å². The fourth-order valence-corrected chi connectivity index (χ4v) is 5.73. The number of sulfonamides is 1. The maximum Gasteiger partial charge on any atom is 0.275 e. The summed E-state index contributed by atoms with van der Waals surface area (Å²) in [5, 5.41) is 2.64. The quantitative estimate of drug-likeness (QED) is 0.486. The lowest BCUT2D eigenvalue weighted by Gasteiger charge is -2.35. The van der Waals surface area contributed by atoms with Crippen LogP contribution in [0.25, 0.3) is 0 Å². The van der Waals surface area contributed by atoms with Crippen LogP contribution in [0.1, 0.15) is 32.0 Å². The molecule has 1 N–H and O–H groups in total. The lowest BCUT2D eigenvalue weighted by atomic mass is 10.1. The molecule has 0 spiro atoms. The average molecular weight is 541 g/mol. The average Bonchev–Trinajstić information content (AvgIpc) is 3.33. The Morgan fingerprint density at radius 1 is 1.05 bits per heavy atom. The molecule has 1 unspecified atom stereocenters. The van der Waals surface area contributed by atoms with Gasteiger partial charge in [-0.1, -0.05) is 42.5 Å². The topological polar surface area (TPSA) is 118 Å². The number of pyridine rings is 1. The maximum absolute atomic E-state index is 13.5. The van der Waals surface area contributed by atoms with E-state index in [1.54, 1.807) is 24.3 Å². The van der Waals surface area contributed by atoms with Crippen molar-refractivity contribution in [1.82, 2.24) is 19.1 Å². The Balaban J connectivity index is 1.52. The summed E-state index contributed by atoms with van der Waals surface area (Å²) in [6.07, 6.45) is 1.55. The van der Waals surface area contributed by atoms with Crippen molar-refractivity contribution in [3.63, 3.8) is 0 Å². The van der Waals surface area contributed by atoms with Crippen molar-refractivity contribution < 1.29 is 27.1 Å². The van der Waals surface area contributed by atoms with Crippen molar-refractivity contribution in [2.24, 2.45) is 0 Å². The summed E-state index contributed by atoms with van der Waals surface area (Å²) >= 11 is 0. The summed E-state index contributed by atoms with van der Waals surface area (Å²) in [5.74, 6) is -1.95. The molecule has 2 aliphatic rings. The highest BCUT2D eigenvalue weighted by Crippen LogP contribution is 2.30. The number of carbonyl (C=O) groups excluding carboxylic acids is 2. The second-order valence-corrected chi connectivity index (χ2v) is 11.1. The predicted molar refractivity (Wildman–Crippen MR) is 135 cm³/mol. The number of carbonyl (C=O) groups is 2. The third kappa shape index (κ3) is 4.92. The van der Waals surface area contributed by atoms with Gasteiger partial charge in [-0.05, 0) is 23.3 Å². The first-order chi connectivity index (χ1) is 18.1. The van der Waals surface area contributed by atoms with Gasteiger partial charge >= 0.3 is 0 Å². The van der Waals surface area contributed by atoms with E-state index in [1.165, 1.54) is 44.2 Å². The molecule has 0 radical (unpaired) electrons. The van der Waals surface area contributed by atoms with E-state index in [2.05, 4.69) is 5.32 Å². The molecule has 198 valence electrons. The Morgan fingerprint density at radius 3 is 2.45 bits per heavy atom. The molecule has 3 aromatic rings. The number of amides is 2. The van der Waals surface area contributed by atoms with Crippen LogP contribution >= 0.6 is 0 Å². The molecule has 12 heteroatoms. The first kappa shape index (κ1) is 25.6. The smallest absolute Gasteiger partial charge is 0.275 e. The normalized spacial score (nSPS) is 17.2. The van der Waals surface area contributed by atoms with Crippen molar-refractivity contribution in [2.45, 2.75) is 25.9 Å². The molecular formula is C26H25FN4O6S. The van der Waals surface area contributed by atoms with Gasteiger partial charge in [0.2, 0.25) is 15.5 Å². The zero-order chi connectivity index (χ0) is 27.0. The molecule has 0 bridgehead atoms. The van der Waals surface area contributed by atoms with Gasteiger partial charge in [0, 0.05) is 25.8 Å². The van der Waals surface area contributed by atoms with Crippen LogP contribution in [0, 0.1) is 5.82 Å². The highest BCUT2D eigenvalue weighted by Gasteiger charge is 2.45. The molecule has 2 amide bonds. The van der Waals surface area contributed by atoms with Gasteiger partial charge in [-0.3, -0.25) is 14.4 Å². The third-order valence-corrected chi connectivity index (χ3v) is 7.86. The lowest BCUT2D eigenvalue weighted by Crippen LogP contribution is -2.52. The Labute approximate surface area is 218 Å². The molecule has 1 fully saturated rings. The van der Waals surface area contributed by atoms with Crippen molar-refractivity contribution in [2.75, 3.05) is 19.3 Å². The Bertz CT molecular complexity index is 1560. The van der Waals surface area contributed by atoms with Crippen molar-refractivity contribution in [1.29, 1.82) is 0 Å². The monoisotopic (exact) mass is 540 g/mol. The molecule has 3 heterocycles. The number of hydrogen-bond donors (Lipinski definition) is 1. The second kappa shape index (κ2) is 10.0. The van der Waals surface area contributed by atoms with E-state index in [-0.39, 0.29) is 49.8 Å². The van der Waals surface area contributed by atoms with E-state index < -0.39 is 39.2 Å². The summed E-state index contributed by atoms with van der Waals surface area (Å²) in [4.78, 5) is 41.5. The standard InChI is InChI=1S/C26H25FN4O6S/c1-38(35,36)31-12-11-30-21(31)15-29-14-20(25(33)28-13-17-7-9-19(27)10-8-17)23(32)24(22(29)26(30)34)37-16-18-5-3-2-4-6-18/h2-10,14,21H,11-13,15-16H2,1H3,(H,28,33). The second-order valence-electron chi connectivity index (χ2n) is 9.14. The minimum atomic E-state index is -3.61. The largest absolute Gasteiger partial charge is 0.483 e. The van der Waals surface area contributed by atoms with Gasteiger partial charge < -0.3 is 19.5 Å². The van der Waals surface area contributed by atoms with Crippen LogP contribution in [0.5, 0.6) is 5.75 Å². The lowest BCUT2D eigenvalue weighted by molar-refractivity contribution is 0.0591. The highest BCUT2D eigenvalue weighted by atomic mass is 32.2. The maximum atomic E-state index is 13.5. The molecule has 1 atom stereocenters. The molecule has 1 aromatic heterocycles. The van der Waals surface area contributed by atoms with Crippen LogP contribution in [0.15, 0.2) is 65.6 Å². The number of benzene rings is 2. The molecule has 2 aliphatic heterocycles. The Hall–Kier alpha value is -4.03. The van der Waals surface area contributed by atoms with Gasteiger partial charge in [0.1, 0.15) is 24.2 Å². The van der Waals surface area contributed by atoms with Crippen molar-refractivity contribution in [3.05, 3.63) is 99.2 Å². The molecule has 1 saturated heterocycles. The minimum absolute atomic E-state index is 0.0180. The number of halogens is 1. The van der Waals surface area contributed by atoms with Gasteiger partial charge in [0.15, 0.2) is 11.4 Å².